The molecule has 2 rings (SSSR count). The fraction of sp³-hybridized carbons (Fsp3) is 0.643. The van der Waals surface area contributed by atoms with E-state index in [4.69, 9.17) is 4.74 Å². The first kappa shape index (κ1) is 16.9. The monoisotopic (exact) mass is 327 g/mol. The summed E-state index contributed by atoms with van der Waals surface area (Å²) in [5.41, 5.74) is -5.92. The van der Waals surface area contributed by atoms with E-state index in [0.717, 1.165) is 6.20 Å². The topological polar surface area (TPSA) is 22.1 Å². The number of hydrogen-bond acceptors (Lipinski definition) is 2. The van der Waals surface area contributed by atoms with E-state index >= 15 is 0 Å². The molecule has 1 aliphatic rings. The van der Waals surface area contributed by atoms with Crippen LogP contribution in [0.2, 0.25) is 0 Å². The van der Waals surface area contributed by atoms with E-state index < -0.39 is 41.1 Å². The van der Waals surface area contributed by atoms with Gasteiger partial charge in [0.15, 0.2) is 0 Å². The van der Waals surface area contributed by atoms with Crippen LogP contribution in [0, 0.1) is 6.92 Å². The van der Waals surface area contributed by atoms with E-state index in [-0.39, 0.29) is 11.3 Å². The van der Waals surface area contributed by atoms with Gasteiger partial charge >= 0.3 is 12.4 Å². The number of fused-ring (bicyclic) bond motifs is 1. The summed E-state index contributed by atoms with van der Waals surface area (Å²) in [4.78, 5) is 3.89. The van der Waals surface area contributed by atoms with Crippen molar-refractivity contribution in [1.82, 2.24) is 4.98 Å². The summed E-state index contributed by atoms with van der Waals surface area (Å²) in [5, 5.41) is 0. The Morgan fingerprint density at radius 2 is 1.55 bits per heavy atom. The third-order valence-electron chi connectivity index (χ3n) is 3.85. The summed E-state index contributed by atoms with van der Waals surface area (Å²) in [7, 11) is 0. The lowest BCUT2D eigenvalue weighted by molar-refractivity contribution is -0.304. The van der Waals surface area contributed by atoms with Crippen LogP contribution in [0.1, 0.15) is 37.6 Å². The van der Waals surface area contributed by atoms with Crippen LogP contribution in [-0.4, -0.2) is 23.9 Å². The van der Waals surface area contributed by atoms with Crippen LogP contribution in [0.3, 0.4) is 0 Å². The van der Waals surface area contributed by atoms with E-state index in [1.54, 1.807) is 0 Å². The van der Waals surface area contributed by atoms with Crippen LogP contribution in [0.4, 0.5) is 26.3 Å². The SMILES string of the molecule is Cc1ncc(C(C)(C)C)c2c1OCC2(C(F)(F)F)C(F)(F)F. The molecular weight excluding hydrogens is 312 g/mol. The molecule has 124 valence electrons. The lowest BCUT2D eigenvalue weighted by Crippen LogP contribution is -2.56. The van der Waals surface area contributed by atoms with E-state index in [9.17, 15) is 26.3 Å². The molecule has 0 aliphatic carbocycles. The molecule has 22 heavy (non-hydrogen) atoms. The molecule has 1 aromatic rings. The maximum atomic E-state index is 13.5. The van der Waals surface area contributed by atoms with Crippen LogP contribution in [0.25, 0.3) is 0 Å². The molecule has 0 amide bonds. The van der Waals surface area contributed by atoms with Gasteiger partial charge in [0.1, 0.15) is 12.4 Å². The predicted octanol–water partition coefficient (Wildman–Crippen LogP) is 4.44. The van der Waals surface area contributed by atoms with Crippen molar-refractivity contribution in [2.24, 2.45) is 0 Å². The van der Waals surface area contributed by atoms with Crippen molar-refractivity contribution in [2.75, 3.05) is 6.61 Å². The first-order chi connectivity index (χ1) is 9.73. The van der Waals surface area contributed by atoms with Crippen molar-refractivity contribution < 1.29 is 31.1 Å². The van der Waals surface area contributed by atoms with Gasteiger partial charge in [0, 0.05) is 11.8 Å². The third-order valence-corrected chi connectivity index (χ3v) is 3.85. The van der Waals surface area contributed by atoms with Crippen molar-refractivity contribution in [3.05, 3.63) is 23.0 Å². The molecule has 0 unspecified atom stereocenters. The standard InChI is InChI=1S/C14H15F6NO/c1-7-10-9(8(5-21-7)11(2,3)4)12(6-22-10,13(15,16)17)14(18,19)20/h5H,6H2,1-4H3. The minimum absolute atomic E-state index is 0.0124. The molecule has 0 bridgehead atoms. The highest BCUT2D eigenvalue weighted by Gasteiger charge is 2.76. The maximum Gasteiger partial charge on any atom is 0.410 e. The van der Waals surface area contributed by atoms with E-state index in [1.165, 1.54) is 27.7 Å². The van der Waals surface area contributed by atoms with E-state index in [0.29, 0.717) is 0 Å². The Morgan fingerprint density at radius 1 is 1.05 bits per heavy atom. The molecular formula is C14H15F6NO. The average molecular weight is 327 g/mol. The first-order valence-corrected chi connectivity index (χ1v) is 6.50. The first-order valence-electron chi connectivity index (χ1n) is 6.50. The number of halogens is 6. The Labute approximate surface area is 123 Å². The maximum absolute atomic E-state index is 13.5. The van der Waals surface area contributed by atoms with Crippen LogP contribution in [0.5, 0.6) is 5.75 Å². The molecule has 2 nitrogen and oxygen atoms in total. The van der Waals surface area contributed by atoms with Crippen LogP contribution in [-0.2, 0) is 10.8 Å². The number of pyridine rings is 1. The zero-order chi connectivity index (χ0) is 17.1. The molecule has 0 fully saturated rings. The van der Waals surface area contributed by atoms with Gasteiger partial charge in [0.2, 0.25) is 5.41 Å². The Balaban J connectivity index is 2.92. The number of aryl methyl sites for hydroxylation is 1. The number of rotatable bonds is 0. The highest BCUT2D eigenvalue weighted by atomic mass is 19.4. The number of ether oxygens (including phenoxy) is 1. The zero-order valence-corrected chi connectivity index (χ0v) is 12.4. The van der Waals surface area contributed by atoms with Crippen molar-refractivity contribution in [3.63, 3.8) is 0 Å². The van der Waals surface area contributed by atoms with Crippen LogP contribution in [0.15, 0.2) is 6.20 Å². The smallest absolute Gasteiger partial charge is 0.410 e. The highest BCUT2D eigenvalue weighted by molar-refractivity contribution is 5.54. The highest BCUT2D eigenvalue weighted by Crippen LogP contribution is 2.59. The number of alkyl halides is 6. The van der Waals surface area contributed by atoms with Crippen molar-refractivity contribution >= 4 is 0 Å². The molecule has 0 aromatic carbocycles. The summed E-state index contributed by atoms with van der Waals surface area (Å²) < 4.78 is 85.7. The average Bonchev–Trinajstić information content (AvgIpc) is 2.67. The van der Waals surface area contributed by atoms with Gasteiger partial charge in [-0.3, -0.25) is 4.98 Å². The van der Waals surface area contributed by atoms with Crippen molar-refractivity contribution in [2.45, 2.75) is 50.9 Å². The van der Waals surface area contributed by atoms with Gasteiger partial charge in [-0.05, 0) is 17.9 Å². The zero-order valence-electron chi connectivity index (χ0n) is 12.4. The number of nitrogens with zero attached hydrogens (tertiary/aromatic N) is 1. The Morgan fingerprint density at radius 3 is 1.95 bits per heavy atom. The second kappa shape index (κ2) is 4.52. The third kappa shape index (κ3) is 2.14. The Kier molecular flexibility index (Phi) is 3.47. The van der Waals surface area contributed by atoms with Gasteiger partial charge in [-0.15, -0.1) is 0 Å². The fourth-order valence-corrected chi connectivity index (χ4v) is 2.62. The van der Waals surface area contributed by atoms with Gasteiger partial charge < -0.3 is 4.74 Å². The predicted molar refractivity (Wildman–Crippen MR) is 67.0 cm³/mol. The normalized spacial score (nSPS) is 18.1. The van der Waals surface area contributed by atoms with Gasteiger partial charge in [0.05, 0.1) is 5.69 Å². The minimum Gasteiger partial charge on any atom is -0.490 e. The molecule has 0 N–H and O–H groups in total. The van der Waals surface area contributed by atoms with Gasteiger partial charge in [-0.25, -0.2) is 0 Å². The van der Waals surface area contributed by atoms with E-state index in [2.05, 4.69) is 4.98 Å². The molecule has 1 aromatic heterocycles. The Hall–Kier alpha value is -1.47. The largest absolute Gasteiger partial charge is 0.490 e. The molecule has 0 atom stereocenters. The molecule has 0 saturated carbocycles. The second-order valence-corrected chi connectivity index (χ2v) is 6.40. The second-order valence-electron chi connectivity index (χ2n) is 6.40. The Bertz CT molecular complexity index is 583. The van der Waals surface area contributed by atoms with Gasteiger partial charge in [0.25, 0.3) is 0 Å². The van der Waals surface area contributed by atoms with Crippen molar-refractivity contribution in [3.8, 4) is 5.75 Å². The summed E-state index contributed by atoms with van der Waals surface area (Å²) >= 11 is 0. The van der Waals surface area contributed by atoms with E-state index in [1.807, 2.05) is 0 Å². The van der Waals surface area contributed by atoms with Gasteiger partial charge in [-0.1, -0.05) is 20.8 Å². The molecule has 0 radical (unpaired) electrons. The number of hydrogen-bond donors (Lipinski definition) is 0. The quantitative estimate of drug-likeness (QED) is 0.657. The van der Waals surface area contributed by atoms with Crippen LogP contribution < -0.4 is 4.74 Å². The lowest BCUT2D eigenvalue weighted by Gasteiger charge is -2.35. The fourth-order valence-electron chi connectivity index (χ4n) is 2.62. The summed E-state index contributed by atoms with van der Waals surface area (Å²) in [6, 6.07) is 0. The summed E-state index contributed by atoms with van der Waals surface area (Å²) in [6.07, 6.45) is -9.97. The van der Waals surface area contributed by atoms with Crippen molar-refractivity contribution in [1.29, 1.82) is 0 Å². The molecule has 0 spiro atoms. The molecule has 2 heterocycles. The minimum atomic E-state index is -5.52. The van der Waals surface area contributed by atoms with Crippen LogP contribution >= 0.6 is 0 Å². The summed E-state index contributed by atoms with van der Waals surface area (Å²) in [6.45, 7) is 4.43. The molecule has 0 saturated heterocycles. The molecule has 1 aliphatic heterocycles. The van der Waals surface area contributed by atoms with Gasteiger partial charge in [-0.2, -0.15) is 26.3 Å². The summed E-state index contributed by atoms with van der Waals surface area (Å²) in [5.74, 6) is -0.415. The lowest BCUT2D eigenvalue weighted by atomic mass is 9.73. The number of aromatic nitrogens is 1. The molecule has 8 heteroatoms.